The Morgan fingerprint density at radius 3 is 2.76 bits per heavy atom. The lowest BCUT2D eigenvalue weighted by Crippen LogP contribution is -2.33. The van der Waals surface area contributed by atoms with Crippen LogP contribution in [-0.4, -0.2) is 31.7 Å². The topological polar surface area (TPSA) is 55.6 Å². The maximum atomic E-state index is 12.5. The number of rotatable bonds is 7. The van der Waals surface area contributed by atoms with E-state index < -0.39 is 0 Å². The molecule has 1 aliphatic heterocycles. The molecule has 2 rings (SSSR count). The molecule has 0 spiro atoms. The summed E-state index contributed by atoms with van der Waals surface area (Å²) < 4.78 is 5.70. The number of carbonyl (C=O) groups excluding carboxylic acids is 1. The van der Waals surface area contributed by atoms with Crippen molar-refractivity contribution < 1.29 is 9.53 Å². The summed E-state index contributed by atoms with van der Waals surface area (Å²) in [5.74, 6) is 0.170. The monoisotopic (exact) mass is 290 g/mol. The van der Waals surface area contributed by atoms with Gasteiger partial charge in [0.25, 0.3) is 0 Å². The van der Waals surface area contributed by atoms with Gasteiger partial charge < -0.3 is 15.4 Å². The second kappa shape index (κ2) is 8.80. The van der Waals surface area contributed by atoms with Gasteiger partial charge in [-0.3, -0.25) is 4.79 Å². The highest BCUT2D eigenvalue weighted by molar-refractivity contribution is 5.93. The smallest absolute Gasteiger partial charge is 0.227 e. The number of carbonyl (C=O) groups is 1. The zero-order valence-electron chi connectivity index (χ0n) is 12.7. The number of amides is 1. The molecule has 0 radical (unpaired) electrons. The number of hydrogen-bond donors (Lipinski definition) is 1. The fraction of sp³-hybridized carbons (Fsp3) is 0.588. The van der Waals surface area contributed by atoms with Crippen molar-refractivity contribution in [2.24, 2.45) is 5.73 Å². The van der Waals surface area contributed by atoms with Crippen molar-refractivity contribution in [1.82, 2.24) is 0 Å². The first-order valence-electron chi connectivity index (χ1n) is 7.98. The molecule has 4 heteroatoms. The standard InChI is InChI=1S/C17H26N2O2/c18-12-6-13-19(15-7-2-1-3-8-15)17(20)11-10-16-9-4-5-14-21-16/h1-3,7-8,16H,4-6,9-14,18H2. The Morgan fingerprint density at radius 2 is 2.10 bits per heavy atom. The van der Waals surface area contributed by atoms with Crippen LogP contribution in [0, 0.1) is 0 Å². The van der Waals surface area contributed by atoms with Gasteiger partial charge in [0, 0.05) is 25.3 Å². The molecular weight excluding hydrogens is 264 g/mol. The molecule has 0 aromatic heterocycles. The van der Waals surface area contributed by atoms with Crippen LogP contribution in [0.4, 0.5) is 5.69 Å². The van der Waals surface area contributed by atoms with Gasteiger partial charge in [-0.05, 0) is 50.8 Å². The summed E-state index contributed by atoms with van der Waals surface area (Å²) in [5, 5.41) is 0. The van der Waals surface area contributed by atoms with E-state index in [-0.39, 0.29) is 12.0 Å². The molecule has 1 aromatic carbocycles. The zero-order chi connectivity index (χ0) is 14.9. The predicted molar refractivity (Wildman–Crippen MR) is 85.3 cm³/mol. The number of nitrogens with zero attached hydrogens (tertiary/aromatic N) is 1. The first-order valence-corrected chi connectivity index (χ1v) is 7.98. The van der Waals surface area contributed by atoms with Crippen LogP contribution < -0.4 is 10.6 Å². The highest BCUT2D eigenvalue weighted by atomic mass is 16.5. The van der Waals surface area contributed by atoms with Gasteiger partial charge in [-0.1, -0.05) is 18.2 Å². The van der Waals surface area contributed by atoms with Crippen molar-refractivity contribution in [3.05, 3.63) is 30.3 Å². The van der Waals surface area contributed by atoms with Crippen LogP contribution in [-0.2, 0) is 9.53 Å². The average molecular weight is 290 g/mol. The van der Waals surface area contributed by atoms with Crippen molar-refractivity contribution in [3.63, 3.8) is 0 Å². The van der Waals surface area contributed by atoms with Crippen LogP contribution in [0.5, 0.6) is 0 Å². The van der Waals surface area contributed by atoms with E-state index in [1.165, 1.54) is 6.42 Å². The van der Waals surface area contributed by atoms with Gasteiger partial charge in [-0.2, -0.15) is 0 Å². The Hall–Kier alpha value is -1.39. The van der Waals surface area contributed by atoms with E-state index in [2.05, 4.69) is 0 Å². The first kappa shape index (κ1) is 16.0. The number of hydrogen-bond acceptors (Lipinski definition) is 3. The second-order valence-corrected chi connectivity index (χ2v) is 5.55. The van der Waals surface area contributed by atoms with Crippen LogP contribution in [0.2, 0.25) is 0 Å². The average Bonchev–Trinajstić information content (AvgIpc) is 2.55. The number of anilines is 1. The van der Waals surface area contributed by atoms with Gasteiger partial charge in [-0.25, -0.2) is 0 Å². The normalized spacial score (nSPS) is 18.4. The quantitative estimate of drug-likeness (QED) is 0.840. The molecule has 1 aromatic rings. The summed E-state index contributed by atoms with van der Waals surface area (Å²) in [6.07, 6.45) is 5.90. The minimum atomic E-state index is 0.170. The Bertz CT molecular complexity index is 416. The number of nitrogens with two attached hydrogens (primary N) is 1. The minimum absolute atomic E-state index is 0.170. The SMILES string of the molecule is NCCCN(C(=O)CCC1CCCCO1)c1ccccc1. The molecule has 2 N–H and O–H groups in total. The summed E-state index contributed by atoms with van der Waals surface area (Å²) in [6, 6.07) is 9.84. The highest BCUT2D eigenvalue weighted by Crippen LogP contribution is 2.20. The third-order valence-corrected chi connectivity index (χ3v) is 3.91. The van der Waals surface area contributed by atoms with Crippen molar-refractivity contribution in [2.75, 3.05) is 24.6 Å². The number of ether oxygens (including phenoxy) is 1. The summed E-state index contributed by atoms with van der Waals surface area (Å²) in [7, 11) is 0. The third kappa shape index (κ3) is 5.14. The number of benzene rings is 1. The molecular formula is C17H26N2O2. The minimum Gasteiger partial charge on any atom is -0.378 e. The summed E-state index contributed by atoms with van der Waals surface area (Å²) in [6.45, 7) is 2.13. The van der Waals surface area contributed by atoms with Crippen LogP contribution in [0.15, 0.2) is 30.3 Å². The summed E-state index contributed by atoms with van der Waals surface area (Å²) >= 11 is 0. The van der Waals surface area contributed by atoms with E-state index in [1.54, 1.807) is 0 Å². The lowest BCUT2D eigenvalue weighted by molar-refractivity contribution is -0.119. The second-order valence-electron chi connectivity index (χ2n) is 5.55. The van der Waals surface area contributed by atoms with Crippen LogP contribution >= 0.6 is 0 Å². The van der Waals surface area contributed by atoms with Gasteiger partial charge in [0.2, 0.25) is 5.91 Å². The summed E-state index contributed by atoms with van der Waals surface area (Å²) in [4.78, 5) is 14.4. The van der Waals surface area contributed by atoms with E-state index in [9.17, 15) is 4.79 Å². The molecule has 1 atom stereocenters. The maximum absolute atomic E-state index is 12.5. The lowest BCUT2D eigenvalue weighted by Gasteiger charge is -2.25. The Labute approximate surface area is 127 Å². The van der Waals surface area contributed by atoms with E-state index in [1.807, 2.05) is 35.2 Å². The van der Waals surface area contributed by atoms with Gasteiger partial charge in [0.1, 0.15) is 0 Å². The molecule has 21 heavy (non-hydrogen) atoms. The molecule has 1 saturated heterocycles. The van der Waals surface area contributed by atoms with E-state index in [0.29, 0.717) is 19.5 Å². The first-order chi connectivity index (χ1) is 10.3. The molecule has 116 valence electrons. The zero-order valence-corrected chi connectivity index (χ0v) is 12.7. The molecule has 0 saturated carbocycles. The largest absolute Gasteiger partial charge is 0.378 e. The van der Waals surface area contributed by atoms with E-state index >= 15 is 0 Å². The molecule has 1 aliphatic rings. The molecule has 1 amide bonds. The molecule has 0 bridgehead atoms. The van der Waals surface area contributed by atoms with Crippen LogP contribution in [0.3, 0.4) is 0 Å². The Morgan fingerprint density at radius 1 is 1.29 bits per heavy atom. The molecule has 1 unspecified atom stereocenters. The fourth-order valence-corrected chi connectivity index (χ4v) is 2.71. The van der Waals surface area contributed by atoms with Crippen LogP contribution in [0.25, 0.3) is 0 Å². The van der Waals surface area contributed by atoms with Gasteiger partial charge in [0.15, 0.2) is 0 Å². The molecule has 1 fully saturated rings. The molecule has 1 heterocycles. The lowest BCUT2D eigenvalue weighted by atomic mass is 10.0. The van der Waals surface area contributed by atoms with Crippen LogP contribution in [0.1, 0.15) is 38.5 Å². The summed E-state index contributed by atoms with van der Waals surface area (Å²) in [5.41, 5.74) is 6.55. The van der Waals surface area contributed by atoms with Crippen molar-refractivity contribution in [3.8, 4) is 0 Å². The van der Waals surface area contributed by atoms with E-state index in [4.69, 9.17) is 10.5 Å². The van der Waals surface area contributed by atoms with Gasteiger partial charge in [0.05, 0.1) is 6.10 Å². The van der Waals surface area contributed by atoms with Crippen molar-refractivity contribution in [1.29, 1.82) is 0 Å². The van der Waals surface area contributed by atoms with E-state index in [0.717, 1.165) is 38.0 Å². The van der Waals surface area contributed by atoms with Gasteiger partial charge >= 0.3 is 0 Å². The van der Waals surface area contributed by atoms with Crippen molar-refractivity contribution >= 4 is 11.6 Å². The Balaban J connectivity index is 1.90. The van der Waals surface area contributed by atoms with Crippen molar-refractivity contribution in [2.45, 2.75) is 44.6 Å². The predicted octanol–water partition coefficient (Wildman–Crippen LogP) is 2.72. The molecule has 4 nitrogen and oxygen atoms in total. The van der Waals surface area contributed by atoms with Gasteiger partial charge in [-0.15, -0.1) is 0 Å². The fourth-order valence-electron chi connectivity index (χ4n) is 2.71. The Kier molecular flexibility index (Phi) is 6.70. The highest BCUT2D eigenvalue weighted by Gasteiger charge is 2.19. The number of para-hydroxylation sites is 1. The maximum Gasteiger partial charge on any atom is 0.227 e. The third-order valence-electron chi connectivity index (χ3n) is 3.91. The molecule has 0 aliphatic carbocycles.